The van der Waals surface area contributed by atoms with Gasteiger partial charge in [-0.1, -0.05) is 0 Å². The number of aryl methyl sites for hydroxylation is 1. The second-order valence-corrected chi connectivity index (χ2v) is 3.35. The van der Waals surface area contributed by atoms with Gasteiger partial charge in [-0.25, -0.2) is 0 Å². The summed E-state index contributed by atoms with van der Waals surface area (Å²) in [5, 5.41) is 23.4. The van der Waals surface area contributed by atoms with Gasteiger partial charge in [-0.3, -0.25) is 14.8 Å². The van der Waals surface area contributed by atoms with Crippen molar-refractivity contribution < 1.29 is 9.66 Å². The highest BCUT2D eigenvalue weighted by molar-refractivity contribution is 5.50. The van der Waals surface area contributed by atoms with Gasteiger partial charge in [0, 0.05) is 19.2 Å². The second kappa shape index (κ2) is 4.50. The fourth-order valence-corrected chi connectivity index (χ4v) is 1.27. The first-order chi connectivity index (χ1) is 8.60. The Morgan fingerprint density at radius 3 is 2.89 bits per heavy atom. The smallest absolute Gasteiger partial charge is 0.341 e. The van der Waals surface area contributed by atoms with E-state index in [9.17, 15) is 10.1 Å². The molecule has 0 saturated heterocycles. The van der Waals surface area contributed by atoms with Gasteiger partial charge < -0.3 is 4.74 Å². The van der Waals surface area contributed by atoms with Crippen LogP contribution in [0.1, 0.15) is 5.56 Å². The van der Waals surface area contributed by atoms with Crippen molar-refractivity contribution in [3.8, 4) is 17.8 Å². The van der Waals surface area contributed by atoms with Crippen LogP contribution in [0.15, 0.2) is 24.5 Å². The zero-order valence-corrected chi connectivity index (χ0v) is 9.27. The zero-order valence-electron chi connectivity index (χ0n) is 9.27. The number of benzene rings is 1. The molecule has 1 aromatic carbocycles. The number of hydrogen-bond acceptors (Lipinski definition) is 6. The molecular formula is C10H7N5O3. The molecular weight excluding hydrogens is 238 g/mol. The fourth-order valence-electron chi connectivity index (χ4n) is 1.27. The molecule has 8 heteroatoms. The van der Waals surface area contributed by atoms with Crippen LogP contribution >= 0.6 is 0 Å². The van der Waals surface area contributed by atoms with Crippen molar-refractivity contribution in [1.82, 2.24) is 14.8 Å². The molecule has 0 atom stereocenters. The normalized spacial score (nSPS) is 9.78. The average molecular weight is 245 g/mol. The molecule has 90 valence electrons. The standard InChI is InChI=1S/C10H7N5O3/c1-14-6-12-10(13-14)18-9-3-2-8(15(16)17)4-7(9)5-11/h2-4,6H,1H3. The third kappa shape index (κ3) is 2.25. The van der Waals surface area contributed by atoms with E-state index in [1.807, 2.05) is 6.07 Å². The van der Waals surface area contributed by atoms with Gasteiger partial charge in [0.25, 0.3) is 5.69 Å². The molecule has 0 saturated carbocycles. The summed E-state index contributed by atoms with van der Waals surface area (Å²) in [6, 6.07) is 5.62. The summed E-state index contributed by atoms with van der Waals surface area (Å²) in [7, 11) is 1.67. The molecule has 0 amide bonds. The lowest BCUT2D eigenvalue weighted by atomic mass is 10.2. The number of ether oxygens (including phenoxy) is 1. The van der Waals surface area contributed by atoms with E-state index in [4.69, 9.17) is 10.00 Å². The van der Waals surface area contributed by atoms with Crippen molar-refractivity contribution in [2.24, 2.45) is 7.05 Å². The lowest BCUT2D eigenvalue weighted by Gasteiger charge is -2.02. The topological polar surface area (TPSA) is 107 Å². The molecule has 0 bridgehead atoms. The number of nitriles is 1. The second-order valence-electron chi connectivity index (χ2n) is 3.35. The summed E-state index contributed by atoms with van der Waals surface area (Å²) in [4.78, 5) is 13.8. The Hall–Kier alpha value is -2.95. The Labute approximate surface area is 101 Å². The van der Waals surface area contributed by atoms with Crippen molar-refractivity contribution in [2.45, 2.75) is 0 Å². The van der Waals surface area contributed by atoms with E-state index in [1.165, 1.54) is 23.1 Å². The molecule has 2 rings (SSSR count). The lowest BCUT2D eigenvalue weighted by Crippen LogP contribution is -1.94. The molecule has 18 heavy (non-hydrogen) atoms. The molecule has 1 aromatic heterocycles. The van der Waals surface area contributed by atoms with Crippen molar-refractivity contribution in [1.29, 1.82) is 5.26 Å². The van der Waals surface area contributed by atoms with E-state index in [0.717, 1.165) is 6.07 Å². The van der Waals surface area contributed by atoms with Crippen molar-refractivity contribution in [2.75, 3.05) is 0 Å². The maximum absolute atomic E-state index is 10.6. The Balaban J connectivity index is 2.34. The lowest BCUT2D eigenvalue weighted by molar-refractivity contribution is -0.384. The predicted molar refractivity (Wildman–Crippen MR) is 58.9 cm³/mol. The summed E-state index contributed by atoms with van der Waals surface area (Å²) in [5.41, 5.74) is -0.121. The molecule has 0 unspecified atom stereocenters. The van der Waals surface area contributed by atoms with Gasteiger partial charge in [-0.2, -0.15) is 10.2 Å². The van der Waals surface area contributed by atoms with Gasteiger partial charge in [0.15, 0.2) is 0 Å². The van der Waals surface area contributed by atoms with Crippen molar-refractivity contribution in [3.05, 3.63) is 40.2 Å². The van der Waals surface area contributed by atoms with Gasteiger partial charge in [0.05, 0.1) is 4.92 Å². The Morgan fingerprint density at radius 2 is 2.33 bits per heavy atom. The van der Waals surface area contributed by atoms with E-state index in [1.54, 1.807) is 7.05 Å². The van der Waals surface area contributed by atoms with Crippen molar-refractivity contribution in [3.63, 3.8) is 0 Å². The average Bonchev–Trinajstić information content (AvgIpc) is 2.75. The number of nitro groups is 1. The van der Waals surface area contributed by atoms with Crippen LogP contribution in [0.25, 0.3) is 0 Å². The van der Waals surface area contributed by atoms with Crippen LogP contribution in [0.4, 0.5) is 5.69 Å². The number of hydrogen-bond donors (Lipinski definition) is 0. The largest absolute Gasteiger partial charge is 0.422 e. The number of rotatable bonds is 3. The van der Waals surface area contributed by atoms with E-state index >= 15 is 0 Å². The Kier molecular flexibility index (Phi) is 2.89. The van der Waals surface area contributed by atoms with Crippen LogP contribution in [0.2, 0.25) is 0 Å². The highest BCUT2D eigenvalue weighted by Gasteiger charge is 2.13. The fraction of sp³-hybridized carbons (Fsp3) is 0.100. The minimum atomic E-state index is -0.580. The summed E-state index contributed by atoms with van der Waals surface area (Å²) in [6.45, 7) is 0. The summed E-state index contributed by atoms with van der Waals surface area (Å²) in [5.74, 6) is 0.175. The van der Waals surface area contributed by atoms with Gasteiger partial charge >= 0.3 is 6.01 Å². The minimum absolute atomic E-state index is 0.0525. The van der Waals surface area contributed by atoms with E-state index in [0.29, 0.717) is 0 Å². The number of aromatic nitrogens is 3. The van der Waals surface area contributed by atoms with Crippen LogP contribution in [0.3, 0.4) is 0 Å². The third-order valence-corrected chi connectivity index (χ3v) is 2.07. The van der Waals surface area contributed by atoms with E-state index < -0.39 is 4.92 Å². The van der Waals surface area contributed by atoms with Gasteiger partial charge in [-0.15, -0.1) is 5.10 Å². The summed E-state index contributed by atoms with van der Waals surface area (Å²) >= 11 is 0. The minimum Gasteiger partial charge on any atom is -0.422 e. The van der Waals surface area contributed by atoms with Gasteiger partial charge in [0.1, 0.15) is 23.7 Å². The molecule has 0 aliphatic rings. The highest BCUT2D eigenvalue weighted by Crippen LogP contribution is 2.26. The first-order valence-electron chi connectivity index (χ1n) is 4.82. The quantitative estimate of drug-likeness (QED) is 0.597. The maximum atomic E-state index is 10.6. The van der Waals surface area contributed by atoms with Crippen molar-refractivity contribution >= 4 is 5.69 Å². The molecule has 0 fully saturated rings. The number of nitrogens with zero attached hydrogens (tertiary/aromatic N) is 5. The Bertz CT molecular complexity index is 643. The number of non-ortho nitro benzene ring substituents is 1. The highest BCUT2D eigenvalue weighted by atomic mass is 16.6. The Morgan fingerprint density at radius 1 is 1.56 bits per heavy atom. The van der Waals surface area contributed by atoms with Gasteiger partial charge in [-0.05, 0) is 6.07 Å². The molecule has 0 aliphatic heterocycles. The SMILES string of the molecule is Cn1cnc(Oc2ccc([N+](=O)[O-])cc2C#N)n1. The first kappa shape index (κ1) is 11.5. The van der Waals surface area contributed by atoms with E-state index in [2.05, 4.69) is 10.1 Å². The van der Waals surface area contributed by atoms with Crippen LogP contribution in [0, 0.1) is 21.4 Å². The predicted octanol–water partition coefficient (Wildman–Crippen LogP) is 1.39. The van der Waals surface area contributed by atoms with Crippen LogP contribution < -0.4 is 4.74 Å². The summed E-state index contributed by atoms with van der Waals surface area (Å²) < 4.78 is 6.71. The molecule has 0 spiro atoms. The van der Waals surface area contributed by atoms with Gasteiger partial charge in [0.2, 0.25) is 0 Å². The molecule has 0 radical (unpaired) electrons. The van der Waals surface area contributed by atoms with Crippen LogP contribution in [-0.4, -0.2) is 19.7 Å². The summed E-state index contributed by atoms with van der Waals surface area (Å²) in [6.07, 6.45) is 1.44. The monoisotopic (exact) mass is 245 g/mol. The number of nitro benzene ring substituents is 1. The van der Waals surface area contributed by atoms with Crippen LogP contribution in [-0.2, 0) is 7.05 Å². The molecule has 0 aliphatic carbocycles. The molecule has 2 aromatic rings. The third-order valence-electron chi connectivity index (χ3n) is 2.07. The molecule has 8 nitrogen and oxygen atoms in total. The van der Waals surface area contributed by atoms with Crippen LogP contribution in [0.5, 0.6) is 11.8 Å². The molecule has 0 N–H and O–H groups in total. The first-order valence-corrected chi connectivity index (χ1v) is 4.82. The maximum Gasteiger partial charge on any atom is 0.341 e. The zero-order chi connectivity index (χ0) is 13.1. The van der Waals surface area contributed by atoms with E-state index in [-0.39, 0.29) is 23.0 Å². The molecule has 1 heterocycles.